The van der Waals surface area contributed by atoms with E-state index in [-0.39, 0.29) is 12.6 Å². The molecule has 10 heteroatoms. The zero-order chi connectivity index (χ0) is 22.0. The van der Waals surface area contributed by atoms with Crippen molar-refractivity contribution in [2.45, 2.75) is 84.1 Å². The average molecular weight is 418 g/mol. The van der Waals surface area contributed by atoms with Crippen LogP contribution in [0.4, 0.5) is 0 Å². The van der Waals surface area contributed by atoms with Gasteiger partial charge in [0.2, 0.25) is 0 Å². The summed E-state index contributed by atoms with van der Waals surface area (Å²) in [6.07, 6.45) is -2.49. The highest BCUT2D eigenvalue weighted by Gasteiger charge is 2.50. The standard InChI is InChI=1S/C19H30O10/c1-11-16(27-12(2)20)17(28-13(3)21)18(29-14(4)22)19(26-11)25-10-8-6-7-9-15(23)24-5/h11,16-19H,6-10H2,1-5H3/t11?,16-,17-,18?,19+/m0/s1. The molecule has 0 amide bonds. The Balaban J connectivity index is 2.78. The minimum absolute atomic E-state index is 0.265. The van der Waals surface area contributed by atoms with Crippen LogP contribution < -0.4 is 0 Å². The van der Waals surface area contributed by atoms with Crippen LogP contribution in [0.1, 0.15) is 53.4 Å². The maximum absolute atomic E-state index is 11.6. The minimum Gasteiger partial charge on any atom is -0.469 e. The molecular weight excluding hydrogens is 388 g/mol. The lowest BCUT2D eigenvalue weighted by Gasteiger charge is -2.43. The van der Waals surface area contributed by atoms with Crippen molar-refractivity contribution in [2.24, 2.45) is 0 Å². The number of rotatable bonds is 10. The Morgan fingerprint density at radius 3 is 1.90 bits per heavy atom. The highest BCUT2D eigenvalue weighted by Crippen LogP contribution is 2.29. The maximum Gasteiger partial charge on any atom is 0.305 e. The molecule has 0 spiro atoms. The van der Waals surface area contributed by atoms with Gasteiger partial charge >= 0.3 is 23.9 Å². The second-order valence-electron chi connectivity index (χ2n) is 6.69. The second-order valence-corrected chi connectivity index (χ2v) is 6.69. The molecule has 0 aromatic heterocycles. The maximum atomic E-state index is 11.6. The molecule has 1 aliphatic rings. The second kappa shape index (κ2) is 12.4. The predicted molar refractivity (Wildman–Crippen MR) is 97.4 cm³/mol. The molecule has 1 heterocycles. The molecule has 1 saturated heterocycles. The molecule has 29 heavy (non-hydrogen) atoms. The van der Waals surface area contributed by atoms with Crippen LogP contribution in [0.25, 0.3) is 0 Å². The van der Waals surface area contributed by atoms with E-state index in [1.165, 1.54) is 27.9 Å². The van der Waals surface area contributed by atoms with E-state index in [1.54, 1.807) is 6.92 Å². The molecular formula is C19H30O10. The summed E-state index contributed by atoms with van der Waals surface area (Å²) >= 11 is 0. The van der Waals surface area contributed by atoms with Crippen LogP contribution in [0.2, 0.25) is 0 Å². The van der Waals surface area contributed by atoms with Crippen molar-refractivity contribution in [1.82, 2.24) is 0 Å². The highest BCUT2D eigenvalue weighted by molar-refractivity contribution is 5.69. The largest absolute Gasteiger partial charge is 0.469 e. The van der Waals surface area contributed by atoms with Gasteiger partial charge in [-0.05, 0) is 19.8 Å². The summed E-state index contributed by atoms with van der Waals surface area (Å²) in [6.45, 7) is 5.53. The van der Waals surface area contributed by atoms with Gasteiger partial charge in [-0.1, -0.05) is 6.42 Å². The van der Waals surface area contributed by atoms with Crippen LogP contribution in [-0.4, -0.2) is 68.3 Å². The molecule has 0 bridgehead atoms. The highest BCUT2D eigenvalue weighted by atomic mass is 16.7. The molecule has 1 aliphatic heterocycles. The Morgan fingerprint density at radius 2 is 1.34 bits per heavy atom. The van der Waals surface area contributed by atoms with Crippen LogP contribution >= 0.6 is 0 Å². The van der Waals surface area contributed by atoms with Gasteiger partial charge in [-0.3, -0.25) is 19.2 Å². The lowest BCUT2D eigenvalue weighted by molar-refractivity contribution is -0.300. The van der Waals surface area contributed by atoms with Gasteiger partial charge in [0.1, 0.15) is 0 Å². The van der Waals surface area contributed by atoms with E-state index in [0.29, 0.717) is 19.3 Å². The zero-order valence-electron chi connectivity index (χ0n) is 17.5. The van der Waals surface area contributed by atoms with Crippen molar-refractivity contribution < 1.29 is 47.6 Å². The van der Waals surface area contributed by atoms with Crippen molar-refractivity contribution >= 4 is 23.9 Å². The Bertz CT molecular complexity index is 575. The summed E-state index contributed by atoms with van der Waals surface area (Å²) in [6, 6.07) is 0. The van der Waals surface area contributed by atoms with Gasteiger partial charge < -0.3 is 28.4 Å². The molecule has 1 rings (SSSR count). The number of hydrogen-bond donors (Lipinski definition) is 0. The summed E-state index contributed by atoms with van der Waals surface area (Å²) in [5.74, 6) is -2.11. The van der Waals surface area contributed by atoms with Gasteiger partial charge in [-0.25, -0.2) is 0 Å². The van der Waals surface area contributed by atoms with Crippen LogP contribution in [0.3, 0.4) is 0 Å². The van der Waals surface area contributed by atoms with E-state index in [0.717, 1.165) is 6.42 Å². The summed E-state index contributed by atoms with van der Waals surface area (Å²) < 4.78 is 31.9. The van der Waals surface area contributed by atoms with Crippen molar-refractivity contribution in [3.05, 3.63) is 0 Å². The van der Waals surface area contributed by atoms with Crippen molar-refractivity contribution in [3.63, 3.8) is 0 Å². The number of carbonyl (C=O) groups is 4. The molecule has 0 saturated carbocycles. The van der Waals surface area contributed by atoms with Crippen molar-refractivity contribution in [3.8, 4) is 0 Å². The van der Waals surface area contributed by atoms with Crippen LogP contribution in [0.15, 0.2) is 0 Å². The van der Waals surface area contributed by atoms with Crippen LogP contribution in [0, 0.1) is 0 Å². The minimum atomic E-state index is -1.10. The first-order valence-electron chi connectivity index (χ1n) is 9.51. The molecule has 0 aliphatic carbocycles. The van der Waals surface area contributed by atoms with E-state index in [9.17, 15) is 19.2 Å². The SMILES string of the molecule is COC(=O)CCCCCO[C@@H]1OC(C)[C@H](OC(C)=O)[C@H](OC(C)=O)C1OC(C)=O. The quantitative estimate of drug-likeness (QED) is 0.291. The van der Waals surface area contributed by atoms with Crippen molar-refractivity contribution in [1.29, 1.82) is 0 Å². The monoisotopic (exact) mass is 418 g/mol. The summed E-state index contributed by atoms with van der Waals surface area (Å²) in [5, 5.41) is 0. The fraction of sp³-hybridized carbons (Fsp3) is 0.789. The lowest BCUT2D eigenvalue weighted by Crippen LogP contribution is -2.61. The third-order valence-corrected chi connectivity index (χ3v) is 4.17. The van der Waals surface area contributed by atoms with Crippen LogP contribution in [0.5, 0.6) is 0 Å². The Kier molecular flexibility index (Phi) is 10.6. The van der Waals surface area contributed by atoms with Crippen molar-refractivity contribution in [2.75, 3.05) is 13.7 Å². The van der Waals surface area contributed by atoms with E-state index < -0.39 is 48.6 Å². The normalized spacial score (nSPS) is 26.3. The summed E-state index contributed by atoms with van der Waals surface area (Å²) in [5.41, 5.74) is 0. The van der Waals surface area contributed by atoms with Gasteiger partial charge in [0.25, 0.3) is 0 Å². The first-order chi connectivity index (χ1) is 13.6. The summed E-state index contributed by atoms with van der Waals surface area (Å²) in [7, 11) is 1.34. The predicted octanol–water partition coefficient (Wildman–Crippen LogP) is 1.28. The summed E-state index contributed by atoms with van der Waals surface area (Å²) in [4.78, 5) is 45.7. The molecule has 1 fully saturated rings. The van der Waals surface area contributed by atoms with E-state index in [4.69, 9.17) is 23.7 Å². The molecule has 0 aromatic carbocycles. The number of hydrogen-bond acceptors (Lipinski definition) is 10. The molecule has 0 aromatic rings. The number of carbonyl (C=O) groups excluding carboxylic acids is 4. The molecule has 10 nitrogen and oxygen atoms in total. The first kappa shape index (κ1) is 24.8. The molecule has 166 valence electrons. The average Bonchev–Trinajstić information content (AvgIpc) is 2.62. The van der Waals surface area contributed by atoms with Gasteiger partial charge in [0.05, 0.1) is 13.2 Å². The van der Waals surface area contributed by atoms with Gasteiger partial charge in [0.15, 0.2) is 24.6 Å². The smallest absolute Gasteiger partial charge is 0.305 e. The Labute approximate surface area is 170 Å². The Hall–Kier alpha value is -2.20. The molecule has 0 N–H and O–H groups in total. The lowest BCUT2D eigenvalue weighted by atomic mass is 9.99. The third-order valence-electron chi connectivity index (χ3n) is 4.17. The molecule has 0 radical (unpaired) electrons. The molecule has 5 atom stereocenters. The fourth-order valence-corrected chi connectivity index (χ4v) is 2.95. The van der Waals surface area contributed by atoms with E-state index in [2.05, 4.69) is 4.74 Å². The van der Waals surface area contributed by atoms with Gasteiger partial charge in [0, 0.05) is 33.8 Å². The Morgan fingerprint density at radius 1 is 0.793 bits per heavy atom. The first-order valence-corrected chi connectivity index (χ1v) is 9.51. The topological polar surface area (TPSA) is 124 Å². The third kappa shape index (κ3) is 8.78. The number of methoxy groups -OCH3 is 1. The van der Waals surface area contributed by atoms with Crippen LogP contribution in [-0.2, 0) is 47.6 Å². The number of ether oxygens (including phenoxy) is 6. The number of esters is 4. The van der Waals surface area contributed by atoms with E-state index >= 15 is 0 Å². The number of unbranched alkanes of at least 4 members (excludes halogenated alkanes) is 2. The fourth-order valence-electron chi connectivity index (χ4n) is 2.95. The van der Waals surface area contributed by atoms with E-state index in [1.807, 2.05) is 0 Å². The molecule has 2 unspecified atom stereocenters. The van der Waals surface area contributed by atoms with Gasteiger partial charge in [-0.15, -0.1) is 0 Å². The zero-order valence-corrected chi connectivity index (χ0v) is 17.5. The van der Waals surface area contributed by atoms with Gasteiger partial charge in [-0.2, -0.15) is 0 Å².